The average molecular weight is 308 g/mol. The molecule has 110 valence electrons. The van der Waals surface area contributed by atoms with Crippen molar-refractivity contribution in [3.63, 3.8) is 0 Å². The zero-order valence-corrected chi connectivity index (χ0v) is 12.0. The molecule has 1 aromatic rings. The number of hydrogen-bond acceptors (Lipinski definition) is 5. The Morgan fingerprint density at radius 2 is 2.33 bits per heavy atom. The first-order valence-corrected chi connectivity index (χ1v) is 7.34. The van der Waals surface area contributed by atoms with Crippen LogP contribution in [0.15, 0.2) is 18.2 Å². The minimum atomic E-state index is -0.520. The van der Waals surface area contributed by atoms with Crippen LogP contribution in [0.2, 0.25) is 0 Å². The van der Waals surface area contributed by atoms with E-state index in [2.05, 4.69) is 0 Å². The maximum Gasteiger partial charge on any atom is 0.307 e. The lowest BCUT2D eigenvalue weighted by atomic mass is 10.1. The molecule has 21 heavy (non-hydrogen) atoms. The second-order valence-corrected chi connectivity index (χ2v) is 5.48. The Labute approximate surface area is 125 Å². The Kier molecular flexibility index (Phi) is 5.17. The summed E-state index contributed by atoms with van der Waals surface area (Å²) in [6.45, 7) is 0.726. The molecule has 1 heterocycles. The number of carbonyl (C=O) groups excluding carboxylic acids is 2. The van der Waals surface area contributed by atoms with Gasteiger partial charge in [-0.1, -0.05) is 11.8 Å². The van der Waals surface area contributed by atoms with Gasteiger partial charge in [0.1, 0.15) is 12.4 Å². The second-order valence-electron chi connectivity index (χ2n) is 4.43. The average Bonchev–Trinajstić information content (AvgIpc) is 2.89. The van der Waals surface area contributed by atoms with Gasteiger partial charge in [0.05, 0.1) is 18.1 Å². The molecule has 1 amide bonds. The topological polar surface area (TPSA) is 70.4 Å². The summed E-state index contributed by atoms with van der Waals surface area (Å²) in [6.07, 6.45) is 0.0753. The quantitative estimate of drug-likeness (QED) is 0.781. The Balaban J connectivity index is 1.81. The number of halogens is 1. The fourth-order valence-electron chi connectivity index (χ4n) is 1.84. The van der Waals surface area contributed by atoms with Gasteiger partial charge < -0.3 is 9.64 Å². The number of benzene rings is 1. The third-order valence-corrected chi connectivity index (χ3v) is 3.89. The summed E-state index contributed by atoms with van der Waals surface area (Å²) in [5.41, 5.74) is 0.470. The van der Waals surface area contributed by atoms with Gasteiger partial charge in [-0.3, -0.25) is 9.59 Å². The minimum Gasteiger partial charge on any atom is -0.461 e. The van der Waals surface area contributed by atoms with Crippen molar-refractivity contribution in [2.45, 2.75) is 13.0 Å². The third kappa shape index (κ3) is 4.20. The predicted octanol–water partition coefficient (Wildman–Crippen LogP) is 2.30. The van der Waals surface area contributed by atoms with Gasteiger partial charge in [0.25, 0.3) is 5.24 Å². The van der Waals surface area contributed by atoms with E-state index in [0.717, 1.165) is 5.75 Å². The van der Waals surface area contributed by atoms with E-state index in [1.807, 2.05) is 6.07 Å². The highest BCUT2D eigenvalue weighted by Gasteiger charge is 2.21. The van der Waals surface area contributed by atoms with Gasteiger partial charge in [0, 0.05) is 24.4 Å². The van der Waals surface area contributed by atoms with Crippen molar-refractivity contribution < 1.29 is 18.7 Å². The highest BCUT2D eigenvalue weighted by molar-refractivity contribution is 8.13. The minimum absolute atomic E-state index is 0.0319. The Morgan fingerprint density at radius 1 is 1.52 bits per heavy atom. The Bertz CT molecular complexity index is 600. The van der Waals surface area contributed by atoms with Gasteiger partial charge in [-0.05, 0) is 18.2 Å². The molecule has 1 fully saturated rings. The molecule has 0 aliphatic carbocycles. The van der Waals surface area contributed by atoms with Crippen molar-refractivity contribution >= 4 is 23.0 Å². The van der Waals surface area contributed by atoms with Gasteiger partial charge in [-0.2, -0.15) is 5.26 Å². The van der Waals surface area contributed by atoms with Crippen molar-refractivity contribution in [2.24, 2.45) is 0 Å². The van der Waals surface area contributed by atoms with Crippen LogP contribution in [0.3, 0.4) is 0 Å². The van der Waals surface area contributed by atoms with Crippen LogP contribution in [0.5, 0.6) is 0 Å². The van der Waals surface area contributed by atoms with Crippen LogP contribution in [-0.2, 0) is 16.1 Å². The van der Waals surface area contributed by atoms with Gasteiger partial charge in [-0.25, -0.2) is 4.39 Å². The molecule has 0 N–H and O–H groups in total. The molecule has 7 heteroatoms. The van der Waals surface area contributed by atoms with E-state index in [4.69, 9.17) is 10.00 Å². The number of hydrogen-bond donors (Lipinski definition) is 0. The van der Waals surface area contributed by atoms with Crippen molar-refractivity contribution in [1.29, 1.82) is 5.26 Å². The molecule has 0 radical (unpaired) electrons. The molecule has 0 bridgehead atoms. The van der Waals surface area contributed by atoms with Crippen LogP contribution in [0.1, 0.15) is 17.5 Å². The molecule has 1 aromatic carbocycles. The molecular weight excluding hydrogens is 295 g/mol. The molecule has 1 saturated heterocycles. The summed E-state index contributed by atoms with van der Waals surface area (Å²) >= 11 is 1.23. The second kappa shape index (κ2) is 7.09. The molecule has 0 spiro atoms. The van der Waals surface area contributed by atoms with Crippen LogP contribution in [0.4, 0.5) is 9.18 Å². The normalized spacial score (nSPS) is 14.1. The summed E-state index contributed by atoms with van der Waals surface area (Å²) < 4.78 is 18.5. The highest BCUT2D eigenvalue weighted by Crippen LogP contribution is 2.17. The molecule has 1 aliphatic rings. The van der Waals surface area contributed by atoms with Crippen molar-refractivity contribution in [3.05, 3.63) is 35.1 Å². The van der Waals surface area contributed by atoms with E-state index in [1.54, 1.807) is 4.90 Å². The molecule has 0 saturated carbocycles. The molecule has 0 atom stereocenters. The number of ether oxygens (including phenoxy) is 1. The third-order valence-electron chi connectivity index (χ3n) is 2.99. The van der Waals surface area contributed by atoms with E-state index < -0.39 is 11.8 Å². The standard InChI is InChI=1S/C14H13FN2O3S/c15-12-2-1-10(8-16)7-11(12)9-20-13(18)3-4-17-5-6-21-14(17)19/h1-2,7H,3-6,9H2. The highest BCUT2D eigenvalue weighted by atomic mass is 32.2. The van der Waals surface area contributed by atoms with Gasteiger partial charge in [0.2, 0.25) is 0 Å². The van der Waals surface area contributed by atoms with Crippen molar-refractivity contribution in [3.8, 4) is 6.07 Å². The fourth-order valence-corrected chi connectivity index (χ4v) is 2.69. The van der Waals surface area contributed by atoms with E-state index in [-0.39, 0.29) is 23.8 Å². The summed E-state index contributed by atoms with van der Waals surface area (Å²) in [6, 6.07) is 5.77. The largest absolute Gasteiger partial charge is 0.461 e. The van der Waals surface area contributed by atoms with Crippen LogP contribution < -0.4 is 0 Å². The van der Waals surface area contributed by atoms with E-state index in [9.17, 15) is 14.0 Å². The number of esters is 1. The summed E-state index contributed by atoms with van der Waals surface area (Å²) in [5.74, 6) is -0.283. The monoisotopic (exact) mass is 308 g/mol. The number of rotatable bonds is 5. The lowest BCUT2D eigenvalue weighted by Gasteiger charge is -2.13. The van der Waals surface area contributed by atoms with Crippen LogP contribution in [0.25, 0.3) is 0 Å². The van der Waals surface area contributed by atoms with Crippen LogP contribution in [0, 0.1) is 17.1 Å². The smallest absolute Gasteiger partial charge is 0.307 e. The zero-order chi connectivity index (χ0) is 15.2. The summed E-state index contributed by atoms with van der Waals surface area (Å²) in [4.78, 5) is 24.5. The van der Waals surface area contributed by atoms with Crippen molar-refractivity contribution in [2.75, 3.05) is 18.8 Å². The van der Waals surface area contributed by atoms with Gasteiger partial charge >= 0.3 is 5.97 Å². The lowest BCUT2D eigenvalue weighted by Crippen LogP contribution is -2.26. The maximum atomic E-state index is 13.5. The number of nitriles is 1. The molecule has 0 aromatic heterocycles. The zero-order valence-electron chi connectivity index (χ0n) is 11.2. The fraction of sp³-hybridized carbons (Fsp3) is 0.357. The molecule has 0 unspecified atom stereocenters. The summed E-state index contributed by atoms with van der Waals surface area (Å²) in [7, 11) is 0. The lowest BCUT2D eigenvalue weighted by molar-refractivity contribution is -0.145. The van der Waals surface area contributed by atoms with E-state index in [1.165, 1.54) is 30.0 Å². The first-order chi connectivity index (χ1) is 10.1. The molecular formula is C14H13FN2O3S. The number of carbonyl (C=O) groups is 2. The molecule has 2 rings (SSSR count). The SMILES string of the molecule is N#Cc1ccc(F)c(COC(=O)CCN2CCSC2=O)c1. The van der Waals surface area contributed by atoms with Gasteiger partial charge in [-0.15, -0.1) is 0 Å². The Hall–Kier alpha value is -2.07. The first kappa shape index (κ1) is 15.3. The number of thioether (sulfide) groups is 1. The van der Waals surface area contributed by atoms with Crippen LogP contribution >= 0.6 is 11.8 Å². The predicted molar refractivity (Wildman–Crippen MR) is 75.0 cm³/mol. The maximum absolute atomic E-state index is 13.5. The summed E-state index contributed by atoms with van der Waals surface area (Å²) in [5, 5.41) is 8.71. The van der Waals surface area contributed by atoms with Gasteiger partial charge in [0.15, 0.2) is 0 Å². The number of nitrogens with zero attached hydrogens (tertiary/aromatic N) is 2. The first-order valence-electron chi connectivity index (χ1n) is 6.36. The molecule has 1 aliphatic heterocycles. The van der Waals surface area contributed by atoms with E-state index in [0.29, 0.717) is 18.7 Å². The number of amides is 1. The van der Waals surface area contributed by atoms with E-state index >= 15 is 0 Å². The van der Waals surface area contributed by atoms with Crippen molar-refractivity contribution in [1.82, 2.24) is 4.90 Å². The Morgan fingerprint density at radius 3 is 3.00 bits per heavy atom. The molecule has 5 nitrogen and oxygen atoms in total. The van der Waals surface area contributed by atoms with Crippen LogP contribution in [-0.4, -0.2) is 35.0 Å².